The van der Waals surface area contributed by atoms with Gasteiger partial charge in [-0.1, -0.05) is 24.3 Å². The summed E-state index contributed by atoms with van der Waals surface area (Å²) in [5.41, 5.74) is 1.91. The van der Waals surface area contributed by atoms with Crippen molar-refractivity contribution in [2.45, 2.75) is 18.9 Å². The monoisotopic (exact) mass is 306 g/mol. The van der Waals surface area contributed by atoms with Crippen molar-refractivity contribution in [2.24, 2.45) is 0 Å². The SMILES string of the molecule is O=c1[nH]c(=O)n(CC2Cc3ccccc32)cc1Br. The van der Waals surface area contributed by atoms with Gasteiger partial charge in [-0.2, -0.15) is 0 Å². The van der Waals surface area contributed by atoms with Crippen LogP contribution in [0.1, 0.15) is 17.0 Å². The van der Waals surface area contributed by atoms with Gasteiger partial charge in [-0.15, -0.1) is 0 Å². The first-order valence-corrected chi connectivity index (χ1v) is 6.51. The predicted molar refractivity (Wildman–Crippen MR) is 71.9 cm³/mol. The zero-order valence-corrected chi connectivity index (χ0v) is 11.1. The molecule has 1 aromatic carbocycles. The molecule has 1 N–H and O–H groups in total. The molecule has 1 heterocycles. The van der Waals surface area contributed by atoms with Crippen molar-refractivity contribution in [1.82, 2.24) is 9.55 Å². The number of fused-ring (bicyclic) bond motifs is 1. The molecule has 5 heteroatoms. The molecule has 1 aliphatic rings. The third kappa shape index (κ3) is 1.84. The molecule has 0 bridgehead atoms. The Kier molecular flexibility index (Phi) is 2.70. The summed E-state index contributed by atoms with van der Waals surface area (Å²) < 4.78 is 1.93. The molecule has 1 aliphatic carbocycles. The van der Waals surface area contributed by atoms with E-state index in [0.717, 1.165) is 6.42 Å². The van der Waals surface area contributed by atoms with Gasteiger partial charge in [0.25, 0.3) is 5.56 Å². The topological polar surface area (TPSA) is 54.9 Å². The Balaban J connectivity index is 1.90. The van der Waals surface area contributed by atoms with Crippen LogP contribution in [0.5, 0.6) is 0 Å². The molecule has 4 nitrogen and oxygen atoms in total. The highest BCUT2D eigenvalue weighted by atomic mass is 79.9. The summed E-state index contributed by atoms with van der Waals surface area (Å²) in [5, 5.41) is 0. The van der Waals surface area contributed by atoms with E-state index in [1.165, 1.54) is 11.1 Å². The fraction of sp³-hybridized carbons (Fsp3) is 0.231. The number of aromatic amines is 1. The van der Waals surface area contributed by atoms with Crippen LogP contribution in [0.4, 0.5) is 0 Å². The van der Waals surface area contributed by atoms with Crippen molar-refractivity contribution >= 4 is 15.9 Å². The van der Waals surface area contributed by atoms with E-state index in [0.29, 0.717) is 16.9 Å². The summed E-state index contributed by atoms with van der Waals surface area (Å²) >= 11 is 3.14. The van der Waals surface area contributed by atoms with Crippen LogP contribution in [-0.2, 0) is 13.0 Å². The second-order valence-electron chi connectivity index (χ2n) is 4.49. The van der Waals surface area contributed by atoms with Gasteiger partial charge < -0.3 is 0 Å². The van der Waals surface area contributed by atoms with Gasteiger partial charge >= 0.3 is 5.69 Å². The van der Waals surface area contributed by atoms with Crippen molar-refractivity contribution in [1.29, 1.82) is 0 Å². The summed E-state index contributed by atoms with van der Waals surface area (Å²) in [5.74, 6) is 0.358. The van der Waals surface area contributed by atoms with Crippen LogP contribution < -0.4 is 11.2 Å². The summed E-state index contributed by atoms with van der Waals surface area (Å²) in [7, 11) is 0. The maximum atomic E-state index is 11.7. The minimum Gasteiger partial charge on any atom is -0.299 e. The lowest BCUT2D eigenvalue weighted by atomic mass is 9.77. The lowest BCUT2D eigenvalue weighted by Crippen LogP contribution is -2.33. The van der Waals surface area contributed by atoms with E-state index in [9.17, 15) is 9.59 Å². The fourth-order valence-corrected chi connectivity index (χ4v) is 2.73. The number of H-pyrrole nitrogens is 1. The normalized spacial score (nSPS) is 17.1. The molecule has 0 radical (unpaired) electrons. The summed E-state index contributed by atoms with van der Waals surface area (Å²) in [6, 6.07) is 8.24. The van der Waals surface area contributed by atoms with Gasteiger partial charge in [0.15, 0.2) is 0 Å². The molecule has 1 unspecified atom stereocenters. The van der Waals surface area contributed by atoms with Gasteiger partial charge in [0.2, 0.25) is 0 Å². The molecule has 0 spiro atoms. The van der Waals surface area contributed by atoms with E-state index >= 15 is 0 Å². The Morgan fingerprint density at radius 2 is 2.11 bits per heavy atom. The molecular weight excluding hydrogens is 296 g/mol. The van der Waals surface area contributed by atoms with E-state index in [1.807, 2.05) is 12.1 Å². The number of rotatable bonds is 2. The van der Waals surface area contributed by atoms with Crippen LogP contribution in [0.2, 0.25) is 0 Å². The van der Waals surface area contributed by atoms with Crippen LogP contribution >= 0.6 is 15.9 Å². The molecule has 0 fully saturated rings. The standard InChI is InChI=1S/C13H11BrN2O2/c14-11-7-16(13(18)15-12(11)17)6-9-5-8-3-1-2-4-10(8)9/h1-4,7,9H,5-6H2,(H,15,17,18). The fourth-order valence-electron chi connectivity index (χ4n) is 2.38. The third-order valence-electron chi connectivity index (χ3n) is 3.35. The predicted octanol–water partition coefficient (Wildman–Crippen LogP) is 1.64. The highest BCUT2D eigenvalue weighted by molar-refractivity contribution is 9.10. The van der Waals surface area contributed by atoms with Crippen molar-refractivity contribution in [3.05, 3.63) is 66.9 Å². The Morgan fingerprint density at radius 3 is 2.89 bits per heavy atom. The Morgan fingerprint density at radius 1 is 1.33 bits per heavy atom. The summed E-state index contributed by atoms with van der Waals surface area (Å²) in [6.45, 7) is 0.602. The van der Waals surface area contributed by atoms with Crippen molar-refractivity contribution in [2.75, 3.05) is 0 Å². The molecule has 0 saturated heterocycles. The first-order chi connectivity index (χ1) is 8.65. The Bertz CT molecular complexity index is 717. The molecule has 92 valence electrons. The lowest BCUT2D eigenvalue weighted by molar-refractivity contribution is 0.490. The molecule has 0 saturated carbocycles. The van der Waals surface area contributed by atoms with Gasteiger partial charge in [-0.3, -0.25) is 14.3 Å². The summed E-state index contributed by atoms with van der Waals surface area (Å²) in [6.07, 6.45) is 2.54. The Hall–Kier alpha value is -1.62. The van der Waals surface area contributed by atoms with Gasteiger partial charge in [-0.05, 0) is 33.5 Å². The molecule has 3 rings (SSSR count). The highest BCUT2D eigenvalue weighted by Crippen LogP contribution is 2.35. The first kappa shape index (κ1) is 11.5. The second-order valence-corrected chi connectivity index (χ2v) is 5.34. The van der Waals surface area contributed by atoms with E-state index in [2.05, 4.69) is 33.0 Å². The highest BCUT2D eigenvalue weighted by Gasteiger charge is 2.25. The molecular formula is C13H11BrN2O2. The summed E-state index contributed by atoms with van der Waals surface area (Å²) in [4.78, 5) is 25.2. The minimum absolute atomic E-state index is 0.354. The van der Waals surface area contributed by atoms with Crippen LogP contribution in [-0.4, -0.2) is 9.55 Å². The Labute approximate surface area is 111 Å². The zero-order chi connectivity index (χ0) is 12.7. The van der Waals surface area contributed by atoms with Crippen LogP contribution in [0.15, 0.2) is 44.5 Å². The molecule has 18 heavy (non-hydrogen) atoms. The number of benzene rings is 1. The van der Waals surface area contributed by atoms with Crippen LogP contribution in [0.3, 0.4) is 0 Å². The largest absolute Gasteiger partial charge is 0.328 e. The van der Waals surface area contributed by atoms with Crippen LogP contribution in [0, 0.1) is 0 Å². The quantitative estimate of drug-likeness (QED) is 0.917. The molecule has 0 amide bonds. The lowest BCUT2D eigenvalue weighted by Gasteiger charge is -2.30. The average molecular weight is 307 g/mol. The maximum Gasteiger partial charge on any atom is 0.328 e. The first-order valence-electron chi connectivity index (χ1n) is 5.72. The number of halogens is 1. The minimum atomic E-state index is -0.384. The van der Waals surface area contributed by atoms with Crippen LogP contribution in [0.25, 0.3) is 0 Å². The van der Waals surface area contributed by atoms with E-state index < -0.39 is 0 Å². The number of nitrogens with zero attached hydrogens (tertiary/aromatic N) is 1. The number of hydrogen-bond acceptors (Lipinski definition) is 2. The van der Waals surface area contributed by atoms with Crippen molar-refractivity contribution in [3.8, 4) is 0 Å². The second kappa shape index (κ2) is 4.24. The number of nitrogens with one attached hydrogen (secondary N) is 1. The van der Waals surface area contributed by atoms with E-state index in [4.69, 9.17) is 0 Å². The number of aromatic nitrogens is 2. The third-order valence-corrected chi connectivity index (χ3v) is 3.91. The molecule has 2 aromatic rings. The van der Waals surface area contributed by atoms with Gasteiger partial charge in [0, 0.05) is 18.7 Å². The molecule has 0 aliphatic heterocycles. The molecule has 1 aromatic heterocycles. The smallest absolute Gasteiger partial charge is 0.299 e. The molecule has 1 atom stereocenters. The van der Waals surface area contributed by atoms with Crippen molar-refractivity contribution in [3.63, 3.8) is 0 Å². The van der Waals surface area contributed by atoms with E-state index in [1.54, 1.807) is 10.8 Å². The average Bonchev–Trinajstić information content (AvgIpc) is 2.32. The van der Waals surface area contributed by atoms with Gasteiger partial charge in [-0.25, -0.2) is 4.79 Å². The van der Waals surface area contributed by atoms with Gasteiger partial charge in [0.05, 0.1) is 4.47 Å². The zero-order valence-electron chi connectivity index (χ0n) is 9.52. The van der Waals surface area contributed by atoms with E-state index in [-0.39, 0.29) is 11.2 Å². The van der Waals surface area contributed by atoms with Gasteiger partial charge in [0.1, 0.15) is 0 Å². The maximum absolute atomic E-state index is 11.7. The number of hydrogen-bond donors (Lipinski definition) is 1. The van der Waals surface area contributed by atoms with Crippen molar-refractivity contribution < 1.29 is 0 Å².